The number of rotatable bonds is 6. The summed E-state index contributed by atoms with van der Waals surface area (Å²) >= 11 is 0. The normalized spacial score (nSPS) is 16.9. The van der Waals surface area contributed by atoms with Crippen LogP contribution in [0.1, 0.15) is 42.9 Å². The lowest BCUT2D eigenvalue weighted by Gasteiger charge is -2.33. The number of fused-ring (bicyclic) bond motifs is 2. The molecule has 5 aromatic rings. The lowest BCUT2D eigenvalue weighted by Crippen LogP contribution is -2.43. The molecule has 204 valence electrons. The van der Waals surface area contributed by atoms with Crippen molar-refractivity contribution in [1.29, 1.82) is 0 Å². The van der Waals surface area contributed by atoms with Gasteiger partial charge in [0.25, 0.3) is 0 Å². The molecule has 2 N–H and O–H groups in total. The number of nitrogens with two attached hydrogens (primary N) is 1. The zero-order valence-corrected chi connectivity index (χ0v) is 22.6. The number of anilines is 1. The van der Waals surface area contributed by atoms with E-state index in [1.54, 1.807) is 0 Å². The van der Waals surface area contributed by atoms with Crippen molar-refractivity contribution in [2.45, 2.75) is 38.1 Å². The standard InChI is InChI=1S/C31H34N8O/c32-31-30-26(24-8-9-25-19-38(35-27(25)16-24)18-22-6-2-1-3-7-22)17-28(39(30)34-21-33-31)23-10-14-37(15-11-23)29(40)20-36-12-4-5-13-36/h1-3,6-9,16-17,19,21,23H,4-5,10-15,18,20H2,(H2,32,33,34). The van der Waals surface area contributed by atoms with Gasteiger partial charge in [-0.1, -0.05) is 42.5 Å². The summed E-state index contributed by atoms with van der Waals surface area (Å²) in [4.78, 5) is 21.5. The van der Waals surface area contributed by atoms with Gasteiger partial charge in [0, 0.05) is 41.8 Å². The molecule has 2 aliphatic rings. The van der Waals surface area contributed by atoms with Gasteiger partial charge < -0.3 is 10.6 Å². The molecule has 0 radical (unpaired) electrons. The Morgan fingerprint density at radius 2 is 1.77 bits per heavy atom. The summed E-state index contributed by atoms with van der Waals surface area (Å²) in [7, 11) is 0. The van der Waals surface area contributed by atoms with E-state index in [9.17, 15) is 4.79 Å². The van der Waals surface area contributed by atoms with Gasteiger partial charge in [-0.2, -0.15) is 10.2 Å². The third-order valence-electron chi connectivity index (χ3n) is 8.49. The monoisotopic (exact) mass is 534 g/mol. The summed E-state index contributed by atoms with van der Waals surface area (Å²) in [5.41, 5.74) is 12.6. The maximum atomic E-state index is 12.9. The predicted octanol–water partition coefficient (Wildman–Crippen LogP) is 4.18. The molecule has 0 aliphatic carbocycles. The topological polar surface area (TPSA) is 97.6 Å². The highest BCUT2D eigenvalue weighted by Gasteiger charge is 2.29. The van der Waals surface area contributed by atoms with Gasteiger partial charge in [0.15, 0.2) is 5.82 Å². The minimum atomic E-state index is 0.257. The van der Waals surface area contributed by atoms with Gasteiger partial charge in [-0.15, -0.1) is 0 Å². The van der Waals surface area contributed by atoms with Crippen LogP contribution in [0.5, 0.6) is 0 Å². The number of aromatic nitrogens is 5. The van der Waals surface area contributed by atoms with Crippen molar-refractivity contribution < 1.29 is 4.79 Å². The summed E-state index contributed by atoms with van der Waals surface area (Å²) in [5, 5.41) is 10.6. The molecule has 0 unspecified atom stereocenters. The van der Waals surface area contributed by atoms with Crippen molar-refractivity contribution in [3.63, 3.8) is 0 Å². The van der Waals surface area contributed by atoms with E-state index in [1.807, 2.05) is 20.2 Å². The zero-order chi connectivity index (χ0) is 27.1. The first-order chi connectivity index (χ1) is 19.6. The number of nitrogens with zero attached hydrogens (tertiary/aromatic N) is 7. The van der Waals surface area contributed by atoms with Gasteiger partial charge in [-0.05, 0) is 62.0 Å². The molecule has 2 fully saturated rings. The third-order valence-corrected chi connectivity index (χ3v) is 8.49. The fraction of sp³-hybridized carbons (Fsp3) is 0.355. The Kier molecular flexibility index (Phi) is 6.43. The highest BCUT2D eigenvalue weighted by Crippen LogP contribution is 2.37. The molecule has 9 heteroatoms. The first kappa shape index (κ1) is 24.8. The molecule has 3 aromatic heterocycles. The van der Waals surface area contributed by atoms with Crippen LogP contribution in [0.2, 0.25) is 0 Å². The van der Waals surface area contributed by atoms with Crippen molar-refractivity contribution in [1.82, 2.24) is 34.2 Å². The molecule has 5 heterocycles. The number of nitrogen functional groups attached to an aromatic ring is 1. The molecular formula is C31H34N8O. The minimum Gasteiger partial charge on any atom is -0.382 e. The van der Waals surface area contributed by atoms with E-state index in [2.05, 4.69) is 69.7 Å². The van der Waals surface area contributed by atoms with E-state index in [4.69, 9.17) is 10.8 Å². The highest BCUT2D eigenvalue weighted by molar-refractivity contribution is 5.92. The molecule has 0 bridgehead atoms. The second-order valence-corrected chi connectivity index (χ2v) is 11.1. The molecule has 9 nitrogen and oxygen atoms in total. The van der Waals surface area contributed by atoms with E-state index < -0.39 is 0 Å². The Labute approximate surface area is 233 Å². The Balaban J connectivity index is 1.15. The fourth-order valence-electron chi connectivity index (χ4n) is 6.35. The van der Waals surface area contributed by atoms with Crippen LogP contribution in [0.4, 0.5) is 5.82 Å². The molecule has 2 saturated heterocycles. The molecule has 2 aromatic carbocycles. The first-order valence-corrected chi connectivity index (χ1v) is 14.3. The van der Waals surface area contributed by atoms with E-state index in [1.165, 1.54) is 24.7 Å². The molecule has 2 aliphatic heterocycles. The van der Waals surface area contributed by atoms with Crippen LogP contribution in [0.15, 0.2) is 67.1 Å². The van der Waals surface area contributed by atoms with E-state index in [0.717, 1.165) is 78.8 Å². The number of piperidine rings is 1. The zero-order valence-electron chi connectivity index (χ0n) is 22.6. The van der Waals surface area contributed by atoms with Gasteiger partial charge in [-0.25, -0.2) is 9.50 Å². The maximum absolute atomic E-state index is 12.9. The average Bonchev–Trinajstić information content (AvgIpc) is 3.72. The molecule has 40 heavy (non-hydrogen) atoms. The largest absolute Gasteiger partial charge is 0.382 e. The first-order valence-electron chi connectivity index (χ1n) is 14.3. The second-order valence-electron chi connectivity index (χ2n) is 11.1. The van der Waals surface area contributed by atoms with Crippen LogP contribution < -0.4 is 5.73 Å². The fourth-order valence-corrected chi connectivity index (χ4v) is 6.35. The van der Waals surface area contributed by atoms with Crippen LogP contribution in [0.3, 0.4) is 0 Å². The number of hydrogen-bond acceptors (Lipinski definition) is 6. The Bertz CT molecular complexity index is 1660. The number of benzene rings is 2. The van der Waals surface area contributed by atoms with Crippen molar-refractivity contribution in [2.75, 3.05) is 38.5 Å². The number of likely N-dealkylation sites (tertiary alicyclic amines) is 2. The van der Waals surface area contributed by atoms with Crippen molar-refractivity contribution in [3.8, 4) is 11.1 Å². The van der Waals surface area contributed by atoms with Crippen molar-refractivity contribution >= 4 is 28.1 Å². The van der Waals surface area contributed by atoms with E-state index in [-0.39, 0.29) is 5.91 Å². The van der Waals surface area contributed by atoms with E-state index >= 15 is 0 Å². The molecule has 0 saturated carbocycles. The number of carbonyl (C=O) groups is 1. The van der Waals surface area contributed by atoms with Crippen LogP contribution in [0.25, 0.3) is 27.5 Å². The summed E-state index contributed by atoms with van der Waals surface area (Å²) in [6.45, 7) is 4.90. The molecule has 0 atom stereocenters. The van der Waals surface area contributed by atoms with Gasteiger partial charge in [0.1, 0.15) is 11.8 Å². The van der Waals surface area contributed by atoms with Gasteiger partial charge in [0.05, 0.1) is 18.6 Å². The lowest BCUT2D eigenvalue weighted by atomic mass is 9.93. The van der Waals surface area contributed by atoms with Gasteiger partial charge in [-0.3, -0.25) is 14.4 Å². The quantitative estimate of drug-likeness (QED) is 0.351. The van der Waals surface area contributed by atoms with Crippen LogP contribution >= 0.6 is 0 Å². The van der Waals surface area contributed by atoms with E-state index in [0.29, 0.717) is 18.3 Å². The predicted molar refractivity (Wildman–Crippen MR) is 156 cm³/mol. The summed E-state index contributed by atoms with van der Waals surface area (Å²) in [6, 6.07) is 18.9. The lowest BCUT2D eigenvalue weighted by molar-refractivity contribution is -0.133. The van der Waals surface area contributed by atoms with Gasteiger partial charge >= 0.3 is 0 Å². The average molecular weight is 535 g/mol. The maximum Gasteiger partial charge on any atom is 0.236 e. The summed E-state index contributed by atoms with van der Waals surface area (Å²) < 4.78 is 3.95. The van der Waals surface area contributed by atoms with Crippen molar-refractivity contribution in [3.05, 3.63) is 78.4 Å². The van der Waals surface area contributed by atoms with Crippen LogP contribution in [0, 0.1) is 0 Å². The molecule has 1 amide bonds. The number of amides is 1. The second kappa shape index (κ2) is 10.4. The summed E-state index contributed by atoms with van der Waals surface area (Å²) in [6.07, 6.45) is 7.83. The SMILES string of the molecule is Nc1ncnn2c(C3CCN(C(=O)CN4CCCC4)CC3)cc(-c3ccc4cn(Cc5ccccc5)nc4c3)c12. The highest BCUT2D eigenvalue weighted by atomic mass is 16.2. The third kappa shape index (κ3) is 4.70. The Hall–Kier alpha value is -4.24. The van der Waals surface area contributed by atoms with Crippen molar-refractivity contribution in [2.24, 2.45) is 0 Å². The van der Waals surface area contributed by atoms with Crippen LogP contribution in [-0.4, -0.2) is 72.8 Å². The number of carbonyl (C=O) groups excluding carboxylic acids is 1. The molecular weight excluding hydrogens is 500 g/mol. The smallest absolute Gasteiger partial charge is 0.236 e. The molecule has 0 spiro atoms. The Morgan fingerprint density at radius 3 is 2.58 bits per heavy atom. The van der Waals surface area contributed by atoms with Crippen LogP contribution in [-0.2, 0) is 11.3 Å². The molecule has 7 rings (SSSR count). The number of hydrogen-bond donors (Lipinski definition) is 1. The van der Waals surface area contributed by atoms with Gasteiger partial charge in [0.2, 0.25) is 5.91 Å². The Morgan fingerprint density at radius 1 is 0.975 bits per heavy atom. The minimum absolute atomic E-state index is 0.257. The summed E-state index contributed by atoms with van der Waals surface area (Å²) in [5.74, 6) is 1.01.